The number of fused-ring (bicyclic) bond motifs is 1. The standard InChI is InChI=1S/C47H54O28/c1-15-39(72-28(56)7-3-16-2-5-19(50)21(52)8-16)42(73-44-36(63)30(57)24(55)13-66-44)38(65)45(68-15)67-14-27-32(59)35(62)43(75-46-37(64)34(61)31(58)26(12-48)70-46)47(71-27)74-41-33(60)29-23(54)10-18(49)11-25(29)69-40(41)17-4-6-20(51)22(53)9-17/h2-11,15,24,26-27,30-32,34-39,42-55,57-59,61-65H,12-14H2,1H3/b7-3+/t15-,24+,26-,27+,30-,31-,32+,34+,35-,36+,37-,38+,39-,42-,43+,44-,45+,46+,47-/m1/s1. The molecule has 1 aromatic heterocycles. The van der Waals surface area contributed by atoms with Crippen LogP contribution in [-0.4, -0.2) is 224 Å². The van der Waals surface area contributed by atoms with Gasteiger partial charge < -0.3 is 129 Å². The van der Waals surface area contributed by atoms with Gasteiger partial charge in [0.2, 0.25) is 17.5 Å². The molecule has 4 aliphatic heterocycles. The molecular formula is C47H54O28. The first-order chi connectivity index (χ1) is 35.6. The Balaban J connectivity index is 1.10. The largest absolute Gasteiger partial charge is 0.508 e. The normalized spacial score (nSPS) is 35.4. The van der Waals surface area contributed by atoms with E-state index in [4.69, 9.17) is 47.0 Å². The molecule has 28 heteroatoms. The molecule has 28 nitrogen and oxygen atoms in total. The number of hydrogen-bond donors (Lipinski definition) is 16. The van der Waals surface area contributed by atoms with Crippen LogP contribution in [0.1, 0.15) is 12.5 Å². The van der Waals surface area contributed by atoms with Crippen molar-refractivity contribution in [3.63, 3.8) is 0 Å². The van der Waals surface area contributed by atoms with Gasteiger partial charge in [0, 0.05) is 23.8 Å². The van der Waals surface area contributed by atoms with Gasteiger partial charge in [-0.1, -0.05) is 6.07 Å². The van der Waals surface area contributed by atoms with E-state index in [1.165, 1.54) is 19.1 Å². The fourth-order valence-corrected chi connectivity index (χ4v) is 8.63. The molecule has 0 spiro atoms. The van der Waals surface area contributed by atoms with Crippen LogP contribution >= 0.6 is 0 Å². The third kappa shape index (κ3) is 11.4. The Labute approximate surface area is 421 Å². The highest BCUT2D eigenvalue weighted by molar-refractivity contribution is 5.89. The van der Waals surface area contributed by atoms with Crippen LogP contribution < -0.4 is 10.2 Å². The molecule has 8 rings (SSSR count). The van der Waals surface area contributed by atoms with Gasteiger partial charge in [0.1, 0.15) is 95.7 Å². The molecule has 0 unspecified atom stereocenters. The summed E-state index contributed by atoms with van der Waals surface area (Å²) in [4.78, 5) is 27.6. The average molecular weight is 1070 g/mol. The average Bonchev–Trinajstić information content (AvgIpc) is 3.37. The lowest BCUT2D eigenvalue weighted by atomic mass is 9.97. The van der Waals surface area contributed by atoms with Gasteiger partial charge in [-0.25, -0.2) is 4.79 Å². The Hall–Kier alpha value is -6.00. The predicted octanol–water partition coefficient (Wildman–Crippen LogP) is -3.72. The van der Waals surface area contributed by atoms with E-state index in [0.717, 1.165) is 48.5 Å². The number of aliphatic hydroxyl groups excluding tert-OH is 10. The molecule has 4 fully saturated rings. The Kier molecular flexibility index (Phi) is 16.7. The number of esters is 1. The van der Waals surface area contributed by atoms with E-state index in [1.54, 1.807) is 0 Å². The maximum Gasteiger partial charge on any atom is 0.331 e. The van der Waals surface area contributed by atoms with E-state index in [2.05, 4.69) is 0 Å². The van der Waals surface area contributed by atoms with Crippen LogP contribution in [-0.2, 0) is 42.7 Å². The molecule has 4 aliphatic rings. The maximum absolute atomic E-state index is 14.4. The summed E-state index contributed by atoms with van der Waals surface area (Å²) in [5.41, 5.74) is -1.57. The molecule has 0 aliphatic carbocycles. The minimum absolute atomic E-state index is 0.186. The van der Waals surface area contributed by atoms with Crippen molar-refractivity contribution in [3.05, 3.63) is 70.4 Å². The first-order valence-corrected chi connectivity index (χ1v) is 22.9. The molecule has 3 aromatic carbocycles. The van der Waals surface area contributed by atoms with Gasteiger partial charge in [0.05, 0.1) is 25.9 Å². The van der Waals surface area contributed by atoms with Gasteiger partial charge in [-0.2, -0.15) is 0 Å². The van der Waals surface area contributed by atoms with Crippen molar-refractivity contribution in [2.75, 3.05) is 19.8 Å². The van der Waals surface area contributed by atoms with E-state index >= 15 is 0 Å². The number of phenolic OH excluding ortho intramolecular Hbond substituents is 6. The third-order valence-corrected chi connectivity index (χ3v) is 12.8. The summed E-state index contributed by atoms with van der Waals surface area (Å²) in [5, 5.41) is 169. The highest BCUT2D eigenvalue weighted by atomic mass is 16.8. The Bertz CT molecular complexity index is 2750. The predicted molar refractivity (Wildman–Crippen MR) is 242 cm³/mol. The fourth-order valence-electron chi connectivity index (χ4n) is 8.63. The van der Waals surface area contributed by atoms with Crippen molar-refractivity contribution in [2.45, 2.75) is 124 Å². The van der Waals surface area contributed by atoms with E-state index in [9.17, 15) is 91.3 Å². The van der Waals surface area contributed by atoms with Crippen LogP contribution in [0.15, 0.2) is 63.8 Å². The second-order valence-corrected chi connectivity index (χ2v) is 17.9. The number of carbonyl (C=O) groups is 1. The van der Waals surface area contributed by atoms with Crippen LogP contribution in [0.3, 0.4) is 0 Å². The van der Waals surface area contributed by atoms with E-state index in [-0.39, 0.29) is 11.1 Å². The minimum Gasteiger partial charge on any atom is -0.508 e. The molecule has 0 radical (unpaired) electrons. The summed E-state index contributed by atoms with van der Waals surface area (Å²) in [6, 6.07) is 8.48. The smallest absolute Gasteiger partial charge is 0.331 e. The molecular weight excluding hydrogens is 1010 g/mol. The number of benzene rings is 3. The molecule has 19 atom stereocenters. The first-order valence-electron chi connectivity index (χ1n) is 22.9. The molecule has 0 bridgehead atoms. The van der Waals surface area contributed by atoms with E-state index < -0.39 is 205 Å². The molecule has 4 aromatic rings. The summed E-state index contributed by atoms with van der Waals surface area (Å²) in [7, 11) is 0. The molecule has 5 heterocycles. The quantitative estimate of drug-likeness (QED) is 0.0328. The van der Waals surface area contributed by atoms with Crippen molar-refractivity contribution in [1.29, 1.82) is 0 Å². The number of carbonyl (C=O) groups excluding carboxylic acids is 1. The molecule has 0 amide bonds. The van der Waals surface area contributed by atoms with Gasteiger partial charge in [0.25, 0.3) is 0 Å². The van der Waals surface area contributed by atoms with E-state index in [0.29, 0.717) is 0 Å². The summed E-state index contributed by atoms with van der Waals surface area (Å²) in [6.07, 6.45) is -33.7. The zero-order valence-corrected chi connectivity index (χ0v) is 38.9. The first kappa shape index (κ1) is 55.2. The number of aliphatic hydroxyl groups is 10. The number of ether oxygens (including phenoxy) is 9. The number of aromatic hydroxyl groups is 6. The number of phenols is 6. The number of rotatable bonds is 14. The topological polar surface area (TPSA) is 454 Å². The SMILES string of the molecule is C[C@H]1O[C@H](OC[C@@H]2O[C@H](Oc3c(-c4ccc(O)c(O)c4)oc4cc(O)cc(O)c4c3=O)[C@@H](O[C@@H]3O[C@H](CO)[C@@H](O)[C@H](O)[C@H]3O)[C@H](O)[C@H]2O)[C@@H](O)[C@@H](O[C@H]2OC[C@H](O)[C@@H](O)[C@@H]2O)[C@@H]1OC(=O)/C=C/c1ccc(O)c(O)c1. The van der Waals surface area contributed by atoms with Crippen LogP contribution in [0.25, 0.3) is 28.4 Å². The lowest BCUT2D eigenvalue weighted by Crippen LogP contribution is -2.66. The van der Waals surface area contributed by atoms with Gasteiger partial charge >= 0.3 is 5.97 Å². The Morgan fingerprint density at radius 2 is 1.29 bits per heavy atom. The lowest BCUT2D eigenvalue weighted by Gasteiger charge is -2.47. The zero-order chi connectivity index (χ0) is 54.3. The summed E-state index contributed by atoms with van der Waals surface area (Å²) in [6.45, 7) is -1.05. The van der Waals surface area contributed by atoms with Crippen molar-refractivity contribution < 1.29 is 134 Å². The zero-order valence-electron chi connectivity index (χ0n) is 38.9. The monoisotopic (exact) mass is 1070 g/mol. The van der Waals surface area contributed by atoms with Gasteiger partial charge in [-0.15, -0.1) is 0 Å². The second-order valence-electron chi connectivity index (χ2n) is 17.9. The highest BCUT2D eigenvalue weighted by Crippen LogP contribution is 2.41. The molecule has 4 saturated heterocycles. The number of hydrogen-bond acceptors (Lipinski definition) is 28. The van der Waals surface area contributed by atoms with Crippen molar-refractivity contribution in [2.24, 2.45) is 0 Å². The van der Waals surface area contributed by atoms with Crippen LogP contribution in [0.5, 0.6) is 40.2 Å². The van der Waals surface area contributed by atoms with Crippen LogP contribution in [0.2, 0.25) is 0 Å². The minimum atomic E-state index is -2.25. The van der Waals surface area contributed by atoms with E-state index in [1.807, 2.05) is 0 Å². The summed E-state index contributed by atoms with van der Waals surface area (Å²) in [5.74, 6) is -6.17. The van der Waals surface area contributed by atoms with Crippen molar-refractivity contribution in [3.8, 4) is 51.6 Å². The molecule has 75 heavy (non-hydrogen) atoms. The second kappa shape index (κ2) is 22.7. The van der Waals surface area contributed by atoms with Crippen LogP contribution in [0, 0.1) is 0 Å². The summed E-state index contributed by atoms with van der Waals surface area (Å²) < 4.78 is 58.0. The van der Waals surface area contributed by atoms with Gasteiger partial charge in [0.15, 0.2) is 59.8 Å². The van der Waals surface area contributed by atoms with Gasteiger partial charge in [-0.3, -0.25) is 4.79 Å². The molecule has 0 saturated carbocycles. The molecule has 410 valence electrons. The van der Waals surface area contributed by atoms with Gasteiger partial charge in [-0.05, 0) is 48.9 Å². The van der Waals surface area contributed by atoms with Crippen molar-refractivity contribution in [1.82, 2.24) is 0 Å². The Morgan fingerprint density at radius 1 is 0.640 bits per heavy atom. The van der Waals surface area contributed by atoms with Crippen LogP contribution in [0.4, 0.5) is 0 Å². The summed E-state index contributed by atoms with van der Waals surface area (Å²) >= 11 is 0. The Morgan fingerprint density at radius 3 is 1.99 bits per heavy atom. The molecule has 16 N–H and O–H groups in total. The maximum atomic E-state index is 14.4. The highest BCUT2D eigenvalue weighted by Gasteiger charge is 2.54. The third-order valence-electron chi connectivity index (χ3n) is 12.8. The fraction of sp³-hybridized carbons (Fsp3) is 0.489. The lowest BCUT2D eigenvalue weighted by molar-refractivity contribution is -0.366. The van der Waals surface area contributed by atoms with Crippen molar-refractivity contribution >= 4 is 23.0 Å².